The van der Waals surface area contributed by atoms with Gasteiger partial charge in [-0.1, -0.05) is 38.4 Å². The molecule has 0 aliphatic heterocycles. The second-order valence-electron chi connectivity index (χ2n) is 8.62. The summed E-state index contributed by atoms with van der Waals surface area (Å²) in [5, 5.41) is 7.80. The van der Waals surface area contributed by atoms with Gasteiger partial charge in [-0.15, -0.1) is 11.3 Å². The maximum Gasteiger partial charge on any atom is 0.260 e. The fraction of sp³-hybridized carbons (Fsp3) is 0.250. The van der Waals surface area contributed by atoms with Gasteiger partial charge in [0.25, 0.3) is 11.5 Å². The summed E-state index contributed by atoms with van der Waals surface area (Å²) in [5.41, 5.74) is 0.771. The summed E-state index contributed by atoms with van der Waals surface area (Å²) in [6.45, 7) is 6.34. The summed E-state index contributed by atoms with van der Waals surface area (Å²) in [5.74, 6) is 0.346. The second kappa shape index (κ2) is 9.33. The molecule has 0 unspecified atom stereocenters. The first-order valence-corrected chi connectivity index (χ1v) is 11.6. The van der Waals surface area contributed by atoms with E-state index < -0.39 is 5.41 Å². The van der Waals surface area contributed by atoms with E-state index in [2.05, 4.69) is 15.4 Å². The van der Waals surface area contributed by atoms with E-state index in [0.717, 1.165) is 10.6 Å². The number of pyridine rings is 2. The van der Waals surface area contributed by atoms with Crippen LogP contribution in [0.3, 0.4) is 0 Å². The van der Waals surface area contributed by atoms with E-state index in [0.29, 0.717) is 34.5 Å². The molecule has 4 heterocycles. The van der Waals surface area contributed by atoms with Crippen molar-refractivity contribution in [1.82, 2.24) is 19.3 Å². The molecule has 0 aliphatic carbocycles. The van der Waals surface area contributed by atoms with Crippen LogP contribution in [-0.4, -0.2) is 25.2 Å². The molecule has 0 fully saturated rings. The summed E-state index contributed by atoms with van der Waals surface area (Å²) >= 11 is 7.50. The maximum atomic E-state index is 13.2. The van der Waals surface area contributed by atoms with Gasteiger partial charge in [0, 0.05) is 28.8 Å². The Morgan fingerprint density at radius 3 is 2.64 bits per heavy atom. The first-order chi connectivity index (χ1) is 15.7. The van der Waals surface area contributed by atoms with Gasteiger partial charge in [0.2, 0.25) is 0 Å². The lowest BCUT2D eigenvalue weighted by atomic mass is 9.96. The van der Waals surface area contributed by atoms with Crippen molar-refractivity contribution in [1.29, 1.82) is 0 Å². The average molecular weight is 482 g/mol. The summed E-state index contributed by atoms with van der Waals surface area (Å²) in [6, 6.07) is 14.6. The van der Waals surface area contributed by atoms with Crippen LogP contribution in [0.1, 0.15) is 36.1 Å². The molecule has 0 spiro atoms. The lowest BCUT2D eigenvalue weighted by molar-refractivity contribution is 0.0752. The number of nitrogens with zero attached hydrogens (tertiary/aromatic N) is 4. The molecule has 4 aromatic rings. The third kappa shape index (κ3) is 5.23. The minimum atomic E-state index is -0.651. The minimum absolute atomic E-state index is 0.176. The van der Waals surface area contributed by atoms with E-state index >= 15 is 0 Å². The summed E-state index contributed by atoms with van der Waals surface area (Å²) in [4.78, 5) is 31.6. The number of rotatable bonds is 6. The zero-order chi connectivity index (χ0) is 23.6. The van der Waals surface area contributed by atoms with Crippen molar-refractivity contribution in [3.8, 4) is 11.3 Å². The largest absolute Gasteiger partial charge is 0.365 e. The molecule has 1 N–H and O–H groups in total. The lowest BCUT2D eigenvalue weighted by Crippen LogP contribution is -2.29. The standard InChI is InChI=1S/C24H24ClN5O2S/c1-24(2,3)23(32)30-21(27-14-17-9-10-20(25)33-17)13-19(28-30)18-8-6-12-29(22(18)31)15-16-7-4-5-11-26-16/h4-13,27H,14-15H2,1-3H3. The molecular weight excluding hydrogens is 458 g/mol. The fourth-order valence-electron chi connectivity index (χ4n) is 3.26. The monoisotopic (exact) mass is 481 g/mol. The minimum Gasteiger partial charge on any atom is -0.365 e. The van der Waals surface area contributed by atoms with Crippen LogP contribution in [-0.2, 0) is 13.1 Å². The number of hydrogen-bond acceptors (Lipinski definition) is 6. The van der Waals surface area contributed by atoms with Gasteiger partial charge >= 0.3 is 0 Å². The first-order valence-electron chi connectivity index (χ1n) is 10.4. The normalized spacial score (nSPS) is 11.5. The lowest BCUT2D eigenvalue weighted by Gasteiger charge is -2.18. The van der Waals surface area contributed by atoms with E-state index in [-0.39, 0.29) is 11.5 Å². The topological polar surface area (TPSA) is 81.8 Å². The number of halogens is 1. The Hall–Kier alpha value is -3.23. The number of thiophene rings is 1. The molecule has 0 radical (unpaired) electrons. The number of hydrogen-bond donors (Lipinski definition) is 1. The second-order valence-corrected chi connectivity index (χ2v) is 10.4. The predicted molar refractivity (Wildman–Crippen MR) is 132 cm³/mol. The molecule has 0 saturated heterocycles. The van der Waals surface area contributed by atoms with Crippen LogP contribution in [0.2, 0.25) is 4.34 Å². The highest BCUT2D eigenvalue weighted by atomic mass is 35.5. The predicted octanol–water partition coefficient (Wildman–Crippen LogP) is 5.17. The highest BCUT2D eigenvalue weighted by Crippen LogP contribution is 2.26. The Labute approximate surface area is 200 Å². The van der Waals surface area contributed by atoms with Gasteiger partial charge in [-0.2, -0.15) is 9.78 Å². The summed E-state index contributed by atoms with van der Waals surface area (Å²) < 4.78 is 3.63. The molecule has 33 heavy (non-hydrogen) atoms. The van der Waals surface area contributed by atoms with E-state index in [1.165, 1.54) is 16.0 Å². The van der Waals surface area contributed by atoms with Crippen molar-refractivity contribution < 1.29 is 4.79 Å². The van der Waals surface area contributed by atoms with Gasteiger partial charge in [0.15, 0.2) is 0 Å². The molecule has 0 bridgehead atoms. The Morgan fingerprint density at radius 2 is 1.97 bits per heavy atom. The Morgan fingerprint density at radius 1 is 1.15 bits per heavy atom. The number of anilines is 1. The van der Waals surface area contributed by atoms with Crippen LogP contribution in [0.25, 0.3) is 11.3 Å². The molecule has 170 valence electrons. The molecule has 7 nitrogen and oxygen atoms in total. The molecule has 9 heteroatoms. The van der Waals surface area contributed by atoms with Gasteiger partial charge in [-0.05, 0) is 36.4 Å². The SMILES string of the molecule is CC(C)(C)C(=O)n1nc(-c2cccn(Cc3ccccn3)c2=O)cc1NCc1ccc(Cl)s1. The molecule has 4 rings (SSSR count). The zero-order valence-electron chi connectivity index (χ0n) is 18.6. The third-order valence-electron chi connectivity index (χ3n) is 4.97. The van der Waals surface area contributed by atoms with Crippen molar-refractivity contribution in [3.05, 3.63) is 86.2 Å². The van der Waals surface area contributed by atoms with Gasteiger partial charge in [0.05, 0.1) is 28.7 Å². The number of nitrogens with one attached hydrogen (secondary N) is 1. The van der Waals surface area contributed by atoms with Crippen molar-refractivity contribution in [2.45, 2.75) is 33.9 Å². The van der Waals surface area contributed by atoms with E-state index in [1.54, 1.807) is 35.2 Å². The molecule has 0 atom stereocenters. The number of aromatic nitrogens is 4. The van der Waals surface area contributed by atoms with E-state index in [4.69, 9.17) is 11.6 Å². The average Bonchev–Trinajstić information content (AvgIpc) is 3.39. The quantitative estimate of drug-likeness (QED) is 0.411. The number of carbonyl (C=O) groups is 1. The highest BCUT2D eigenvalue weighted by Gasteiger charge is 2.27. The van der Waals surface area contributed by atoms with E-state index in [1.807, 2.05) is 51.1 Å². The molecule has 0 amide bonds. The van der Waals surface area contributed by atoms with Crippen molar-refractivity contribution in [2.24, 2.45) is 5.41 Å². The van der Waals surface area contributed by atoms with Gasteiger partial charge in [-0.25, -0.2) is 0 Å². The summed E-state index contributed by atoms with van der Waals surface area (Å²) in [7, 11) is 0. The van der Waals surface area contributed by atoms with Crippen LogP contribution in [0.4, 0.5) is 5.82 Å². The highest BCUT2D eigenvalue weighted by molar-refractivity contribution is 7.16. The molecule has 0 aliphatic rings. The number of carbonyl (C=O) groups excluding carboxylic acids is 1. The van der Waals surface area contributed by atoms with Crippen molar-refractivity contribution in [3.63, 3.8) is 0 Å². The van der Waals surface area contributed by atoms with Crippen LogP contribution in [0, 0.1) is 5.41 Å². The smallest absolute Gasteiger partial charge is 0.260 e. The van der Waals surface area contributed by atoms with Gasteiger partial charge in [0.1, 0.15) is 11.5 Å². The van der Waals surface area contributed by atoms with Crippen molar-refractivity contribution in [2.75, 3.05) is 5.32 Å². The van der Waals surface area contributed by atoms with Crippen LogP contribution < -0.4 is 10.9 Å². The Bertz CT molecular complexity index is 1330. The first kappa shape index (κ1) is 22.9. The van der Waals surface area contributed by atoms with Crippen LogP contribution >= 0.6 is 22.9 Å². The Balaban J connectivity index is 1.70. The molecule has 0 saturated carbocycles. The fourth-order valence-corrected chi connectivity index (χ4v) is 4.29. The van der Waals surface area contributed by atoms with Gasteiger partial charge < -0.3 is 9.88 Å². The Kier molecular flexibility index (Phi) is 6.49. The van der Waals surface area contributed by atoms with Crippen molar-refractivity contribution >= 4 is 34.7 Å². The molecular formula is C24H24ClN5O2S. The van der Waals surface area contributed by atoms with Gasteiger partial charge in [-0.3, -0.25) is 14.6 Å². The molecule has 0 aromatic carbocycles. The maximum absolute atomic E-state index is 13.2. The van der Waals surface area contributed by atoms with E-state index in [9.17, 15) is 9.59 Å². The van der Waals surface area contributed by atoms with Crippen LogP contribution in [0.15, 0.2) is 65.7 Å². The third-order valence-corrected chi connectivity index (χ3v) is 6.20. The zero-order valence-corrected chi connectivity index (χ0v) is 20.2. The summed E-state index contributed by atoms with van der Waals surface area (Å²) in [6.07, 6.45) is 3.42. The molecule has 4 aromatic heterocycles. The van der Waals surface area contributed by atoms with Crippen LogP contribution in [0.5, 0.6) is 0 Å².